The molecule has 1 atom stereocenters. The Morgan fingerprint density at radius 1 is 1.03 bits per heavy atom. The molecule has 0 spiro atoms. The molecule has 0 heterocycles. The molecule has 0 bridgehead atoms. The van der Waals surface area contributed by atoms with Crippen LogP contribution in [0.2, 0.25) is 10.0 Å². The highest BCUT2D eigenvalue weighted by molar-refractivity contribution is 8.00. The van der Waals surface area contributed by atoms with Gasteiger partial charge in [-0.05, 0) is 42.8 Å². The van der Waals surface area contributed by atoms with E-state index in [4.69, 9.17) is 28.3 Å². The van der Waals surface area contributed by atoms with E-state index < -0.39 is 11.9 Å². The summed E-state index contributed by atoms with van der Waals surface area (Å²) in [4.78, 5) is 35.6. The number of amides is 2. The molecule has 6 nitrogen and oxygen atoms in total. The van der Waals surface area contributed by atoms with Crippen molar-refractivity contribution in [2.75, 3.05) is 10.6 Å². The second-order valence-corrected chi connectivity index (χ2v) is 8.00. The van der Waals surface area contributed by atoms with E-state index in [1.54, 1.807) is 36.4 Å². The number of rotatable bonds is 8. The van der Waals surface area contributed by atoms with E-state index in [1.807, 2.05) is 13.0 Å². The van der Waals surface area contributed by atoms with Gasteiger partial charge >= 0.3 is 5.97 Å². The van der Waals surface area contributed by atoms with Crippen molar-refractivity contribution in [1.82, 2.24) is 0 Å². The van der Waals surface area contributed by atoms with Gasteiger partial charge in [0.25, 0.3) is 0 Å². The van der Waals surface area contributed by atoms with E-state index in [0.29, 0.717) is 27.8 Å². The molecule has 0 fully saturated rings. The maximum absolute atomic E-state index is 12.6. The third-order valence-electron chi connectivity index (χ3n) is 3.55. The second-order valence-electron chi connectivity index (χ2n) is 5.85. The Morgan fingerprint density at radius 2 is 1.72 bits per heavy atom. The molecule has 0 radical (unpaired) electrons. The molecule has 2 aromatic carbocycles. The zero-order valence-electron chi connectivity index (χ0n) is 15.3. The van der Waals surface area contributed by atoms with Crippen LogP contribution in [0.15, 0.2) is 59.5 Å². The van der Waals surface area contributed by atoms with Gasteiger partial charge in [-0.2, -0.15) is 0 Å². The molecule has 2 amide bonds. The fraction of sp³-hybridized carbons (Fsp3) is 0.150. The van der Waals surface area contributed by atoms with Gasteiger partial charge in [-0.3, -0.25) is 9.59 Å². The molecule has 3 N–H and O–H groups in total. The number of carbonyl (C=O) groups excluding carboxylic acids is 2. The van der Waals surface area contributed by atoms with E-state index in [1.165, 1.54) is 11.8 Å². The zero-order chi connectivity index (χ0) is 21.4. The number of carboxylic acid groups (broad SMARTS) is 1. The molecule has 0 aliphatic carbocycles. The fourth-order valence-electron chi connectivity index (χ4n) is 2.31. The molecular formula is C20H18Cl2N2O4S. The fourth-order valence-corrected chi connectivity index (χ4v) is 3.85. The van der Waals surface area contributed by atoms with Gasteiger partial charge in [-0.15, -0.1) is 11.8 Å². The maximum Gasteiger partial charge on any atom is 0.328 e. The van der Waals surface area contributed by atoms with Crippen LogP contribution in [0, 0.1) is 0 Å². The van der Waals surface area contributed by atoms with Crippen LogP contribution in [0.25, 0.3) is 0 Å². The number of anilines is 2. The highest BCUT2D eigenvalue weighted by Crippen LogP contribution is 2.29. The number of halogens is 2. The van der Waals surface area contributed by atoms with Crippen molar-refractivity contribution >= 4 is 64.1 Å². The predicted molar refractivity (Wildman–Crippen MR) is 117 cm³/mol. The summed E-state index contributed by atoms with van der Waals surface area (Å²) in [7, 11) is 0. The molecule has 0 aliphatic rings. The van der Waals surface area contributed by atoms with E-state index in [9.17, 15) is 14.4 Å². The van der Waals surface area contributed by atoms with Gasteiger partial charge in [0.15, 0.2) is 0 Å². The quantitative estimate of drug-likeness (QED) is 0.383. The van der Waals surface area contributed by atoms with Gasteiger partial charge in [-0.1, -0.05) is 36.2 Å². The Morgan fingerprint density at radius 3 is 2.34 bits per heavy atom. The van der Waals surface area contributed by atoms with E-state index in [-0.39, 0.29) is 11.2 Å². The number of carboxylic acids is 1. The van der Waals surface area contributed by atoms with E-state index in [0.717, 1.165) is 17.0 Å². The summed E-state index contributed by atoms with van der Waals surface area (Å²) in [5, 5.41) is 14.4. The number of thioether (sulfide) groups is 1. The lowest BCUT2D eigenvalue weighted by Crippen LogP contribution is -2.24. The van der Waals surface area contributed by atoms with Crippen molar-refractivity contribution in [2.45, 2.75) is 23.5 Å². The first-order valence-corrected chi connectivity index (χ1v) is 10.2. The predicted octanol–water partition coefficient (Wildman–Crippen LogP) is 5.08. The average Bonchev–Trinajstić information content (AvgIpc) is 2.63. The smallest absolute Gasteiger partial charge is 0.328 e. The van der Waals surface area contributed by atoms with Crippen LogP contribution >= 0.6 is 35.0 Å². The normalized spacial score (nSPS) is 11.8. The molecule has 0 saturated heterocycles. The van der Waals surface area contributed by atoms with Crippen molar-refractivity contribution in [3.8, 4) is 0 Å². The Kier molecular flexibility index (Phi) is 8.57. The van der Waals surface area contributed by atoms with Crippen LogP contribution in [-0.4, -0.2) is 28.1 Å². The highest BCUT2D eigenvalue weighted by atomic mass is 35.5. The molecular weight excluding hydrogens is 435 g/mol. The summed E-state index contributed by atoms with van der Waals surface area (Å²) >= 11 is 13.3. The highest BCUT2D eigenvalue weighted by Gasteiger charge is 2.18. The van der Waals surface area contributed by atoms with E-state index in [2.05, 4.69) is 10.6 Å². The minimum absolute atomic E-state index is 0.199. The van der Waals surface area contributed by atoms with Crippen LogP contribution < -0.4 is 10.6 Å². The van der Waals surface area contributed by atoms with E-state index >= 15 is 0 Å². The average molecular weight is 453 g/mol. The third kappa shape index (κ3) is 7.81. The summed E-state index contributed by atoms with van der Waals surface area (Å²) in [5.74, 6) is -1.96. The van der Waals surface area contributed by atoms with Gasteiger partial charge in [-0.25, -0.2) is 4.79 Å². The van der Waals surface area contributed by atoms with Crippen LogP contribution in [0.4, 0.5) is 11.4 Å². The summed E-state index contributed by atoms with van der Waals surface area (Å²) in [6.45, 7) is 1.89. The SMILES string of the molecule is CCC(Sc1cccc(NC(=O)/C=C/C(=O)O)c1)C(=O)Nc1cc(Cl)cc(Cl)c1. The standard InChI is InChI=1S/C20H18Cl2N2O4S/c1-2-17(20(28)24-15-9-12(21)8-13(22)10-15)29-16-5-3-4-14(11-16)23-18(25)6-7-19(26)27/h3-11,17H,2H2,1H3,(H,23,25)(H,24,28)(H,26,27)/b7-6+. The lowest BCUT2D eigenvalue weighted by atomic mass is 10.2. The monoisotopic (exact) mass is 452 g/mol. The maximum atomic E-state index is 12.6. The summed E-state index contributed by atoms with van der Waals surface area (Å²) in [5.41, 5.74) is 1.00. The Labute approximate surface area is 182 Å². The first-order valence-electron chi connectivity index (χ1n) is 8.52. The molecule has 9 heteroatoms. The zero-order valence-corrected chi connectivity index (χ0v) is 17.6. The number of hydrogen-bond donors (Lipinski definition) is 3. The topological polar surface area (TPSA) is 95.5 Å². The second kappa shape index (κ2) is 10.9. The molecule has 29 heavy (non-hydrogen) atoms. The van der Waals surface area contributed by atoms with Gasteiger partial charge < -0.3 is 15.7 Å². The molecule has 1 unspecified atom stereocenters. The summed E-state index contributed by atoms with van der Waals surface area (Å²) in [6.07, 6.45) is 2.26. The molecule has 2 aromatic rings. The number of benzene rings is 2. The lowest BCUT2D eigenvalue weighted by Gasteiger charge is -2.15. The van der Waals surface area contributed by atoms with Gasteiger partial charge in [0.1, 0.15) is 0 Å². The van der Waals surface area contributed by atoms with Gasteiger partial charge in [0.05, 0.1) is 5.25 Å². The Hall–Kier alpha value is -2.48. The molecule has 0 aliphatic heterocycles. The first-order chi connectivity index (χ1) is 13.8. The molecule has 152 valence electrons. The van der Waals surface area contributed by atoms with Crippen LogP contribution in [0.5, 0.6) is 0 Å². The third-order valence-corrected chi connectivity index (χ3v) is 5.34. The number of aliphatic carboxylic acids is 1. The lowest BCUT2D eigenvalue weighted by molar-refractivity contribution is -0.131. The summed E-state index contributed by atoms with van der Waals surface area (Å²) in [6, 6.07) is 11.7. The van der Waals surface area contributed by atoms with Crippen molar-refractivity contribution in [2.24, 2.45) is 0 Å². The minimum Gasteiger partial charge on any atom is -0.478 e. The number of nitrogens with one attached hydrogen (secondary N) is 2. The van der Waals surface area contributed by atoms with Gasteiger partial charge in [0.2, 0.25) is 11.8 Å². The largest absolute Gasteiger partial charge is 0.478 e. The van der Waals surface area contributed by atoms with Crippen LogP contribution in [0.1, 0.15) is 13.3 Å². The van der Waals surface area contributed by atoms with Crippen LogP contribution in [-0.2, 0) is 14.4 Å². The molecule has 0 aromatic heterocycles. The van der Waals surface area contributed by atoms with Gasteiger partial charge in [0, 0.05) is 38.5 Å². The number of carbonyl (C=O) groups is 3. The minimum atomic E-state index is -1.21. The molecule has 2 rings (SSSR count). The van der Waals surface area contributed by atoms with Crippen molar-refractivity contribution in [3.05, 3.63) is 64.7 Å². The van der Waals surface area contributed by atoms with Crippen molar-refractivity contribution in [3.63, 3.8) is 0 Å². The van der Waals surface area contributed by atoms with Crippen molar-refractivity contribution in [1.29, 1.82) is 0 Å². The van der Waals surface area contributed by atoms with Crippen molar-refractivity contribution < 1.29 is 19.5 Å². The Bertz CT molecular complexity index is 930. The Balaban J connectivity index is 2.05. The molecule has 0 saturated carbocycles. The summed E-state index contributed by atoms with van der Waals surface area (Å²) < 4.78 is 0. The van der Waals surface area contributed by atoms with Crippen LogP contribution in [0.3, 0.4) is 0 Å². The number of hydrogen-bond acceptors (Lipinski definition) is 4. The first kappa shape index (κ1) is 22.8.